The lowest BCUT2D eigenvalue weighted by atomic mass is 9.72. The second-order valence-electron chi connectivity index (χ2n) is 7.95. The summed E-state index contributed by atoms with van der Waals surface area (Å²) in [7, 11) is 1.69. The molecule has 1 unspecified atom stereocenters. The molecule has 28 heavy (non-hydrogen) atoms. The fourth-order valence-electron chi connectivity index (χ4n) is 4.44. The summed E-state index contributed by atoms with van der Waals surface area (Å²) < 4.78 is 20.2. The van der Waals surface area contributed by atoms with Gasteiger partial charge >= 0.3 is 0 Å². The van der Waals surface area contributed by atoms with Crippen LogP contribution in [0.25, 0.3) is 11.1 Å². The predicted octanol–water partition coefficient (Wildman–Crippen LogP) is 4.81. The van der Waals surface area contributed by atoms with Crippen LogP contribution in [0.2, 0.25) is 0 Å². The summed E-state index contributed by atoms with van der Waals surface area (Å²) in [5.74, 6) is -0.212. The van der Waals surface area contributed by atoms with Crippen LogP contribution in [0.5, 0.6) is 0 Å². The SMILES string of the molecule is COCCCC[C@@](O)(c1cccc(F)c1-c1cccc(C)c1)C1CCCNC1. The normalized spacial score (nSPS) is 19.4. The second-order valence-corrected chi connectivity index (χ2v) is 7.95. The Balaban J connectivity index is 2.05. The zero-order chi connectivity index (χ0) is 20.0. The third kappa shape index (κ3) is 4.62. The predicted molar refractivity (Wildman–Crippen MR) is 112 cm³/mol. The van der Waals surface area contributed by atoms with Crippen molar-refractivity contribution < 1.29 is 14.2 Å². The number of aryl methyl sites for hydroxylation is 1. The Labute approximate surface area is 167 Å². The van der Waals surface area contributed by atoms with Gasteiger partial charge in [-0.3, -0.25) is 0 Å². The average Bonchev–Trinajstić information content (AvgIpc) is 2.71. The van der Waals surface area contributed by atoms with Gasteiger partial charge < -0.3 is 15.2 Å². The minimum absolute atomic E-state index is 0.0640. The number of halogens is 1. The van der Waals surface area contributed by atoms with Gasteiger partial charge in [0.05, 0.1) is 5.60 Å². The second kappa shape index (κ2) is 9.64. The van der Waals surface area contributed by atoms with Crippen molar-refractivity contribution in [3.63, 3.8) is 0 Å². The number of unbranched alkanes of at least 4 members (excludes halogenated alkanes) is 1. The summed E-state index contributed by atoms with van der Waals surface area (Å²) >= 11 is 0. The Kier molecular flexibility index (Phi) is 7.22. The molecule has 1 aliphatic rings. The summed E-state index contributed by atoms with van der Waals surface area (Å²) in [5, 5.41) is 15.4. The van der Waals surface area contributed by atoms with Crippen molar-refractivity contribution >= 4 is 0 Å². The molecule has 4 heteroatoms. The maximum absolute atomic E-state index is 15.1. The molecule has 3 nitrogen and oxygen atoms in total. The van der Waals surface area contributed by atoms with Gasteiger partial charge in [-0.25, -0.2) is 4.39 Å². The molecule has 3 rings (SSSR count). The van der Waals surface area contributed by atoms with Crippen LogP contribution < -0.4 is 5.32 Å². The molecule has 0 bridgehead atoms. The molecule has 0 spiro atoms. The van der Waals surface area contributed by atoms with Gasteiger partial charge in [0, 0.05) is 31.7 Å². The van der Waals surface area contributed by atoms with Gasteiger partial charge in [0.15, 0.2) is 0 Å². The molecule has 0 saturated carbocycles. The van der Waals surface area contributed by atoms with E-state index in [0.717, 1.165) is 49.9 Å². The highest BCUT2D eigenvalue weighted by atomic mass is 19.1. The standard InChI is InChI=1S/C24H32FNO2/c1-18-8-5-9-19(16-18)23-21(11-6-12-22(23)25)24(27,13-3-4-15-28-2)20-10-7-14-26-17-20/h5-6,8-9,11-12,16,20,26-27H,3-4,7,10,13-15,17H2,1-2H3/t20?,24-/m0/s1. The highest BCUT2D eigenvalue weighted by Crippen LogP contribution is 2.43. The molecule has 2 aromatic rings. The number of aliphatic hydroxyl groups is 1. The molecule has 0 radical (unpaired) electrons. The van der Waals surface area contributed by atoms with Crippen LogP contribution >= 0.6 is 0 Å². The molecule has 0 aliphatic carbocycles. The van der Waals surface area contributed by atoms with Gasteiger partial charge in [0.25, 0.3) is 0 Å². The molecule has 1 fully saturated rings. The molecule has 1 saturated heterocycles. The van der Waals surface area contributed by atoms with Gasteiger partial charge in [-0.1, -0.05) is 42.0 Å². The maximum atomic E-state index is 15.1. The van der Waals surface area contributed by atoms with Crippen molar-refractivity contribution in [3.05, 3.63) is 59.4 Å². The average molecular weight is 386 g/mol. The number of hydrogen-bond acceptors (Lipinski definition) is 3. The van der Waals surface area contributed by atoms with Crippen LogP contribution in [-0.2, 0) is 10.3 Å². The highest BCUT2D eigenvalue weighted by molar-refractivity contribution is 5.70. The van der Waals surface area contributed by atoms with Gasteiger partial charge in [-0.15, -0.1) is 0 Å². The molecular weight excluding hydrogens is 353 g/mol. The van der Waals surface area contributed by atoms with Crippen molar-refractivity contribution in [1.82, 2.24) is 5.32 Å². The Morgan fingerprint density at radius 1 is 1.21 bits per heavy atom. The van der Waals surface area contributed by atoms with Crippen LogP contribution in [-0.4, -0.2) is 31.9 Å². The summed E-state index contributed by atoms with van der Waals surface area (Å²) in [5.41, 5.74) is 2.08. The Hall–Kier alpha value is -1.75. The van der Waals surface area contributed by atoms with Gasteiger partial charge in [0.2, 0.25) is 0 Å². The van der Waals surface area contributed by atoms with E-state index in [-0.39, 0.29) is 11.7 Å². The van der Waals surface area contributed by atoms with E-state index in [0.29, 0.717) is 24.2 Å². The molecule has 0 aromatic heterocycles. The van der Waals surface area contributed by atoms with E-state index < -0.39 is 5.60 Å². The van der Waals surface area contributed by atoms with E-state index in [1.54, 1.807) is 13.2 Å². The molecule has 0 amide bonds. The smallest absolute Gasteiger partial charge is 0.131 e. The van der Waals surface area contributed by atoms with E-state index in [1.165, 1.54) is 6.07 Å². The molecule has 1 aliphatic heterocycles. The van der Waals surface area contributed by atoms with Gasteiger partial charge in [0.1, 0.15) is 5.82 Å². The monoisotopic (exact) mass is 385 g/mol. The number of methoxy groups -OCH3 is 1. The first-order chi connectivity index (χ1) is 13.6. The lowest BCUT2D eigenvalue weighted by molar-refractivity contribution is -0.0431. The Morgan fingerprint density at radius 3 is 2.75 bits per heavy atom. The number of nitrogens with one attached hydrogen (secondary N) is 1. The summed E-state index contributed by atoms with van der Waals surface area (Å²) in [6, 6.07) is 13.0. The van der Waals surface area contributed by atoms with Crippen LogP contribution in [0.1, 0.15) is 43.2 Å². The highest BCUT2D eigenvalue weighted by Gasteiger charge is 2.40. The van der Waals surface area contributed by atoms with Gasteiger partial charge in [-0.05, 0) is 62.8 Å². The number of piperidine rings is 1. The molecule has 2 N–H and O–H groups in total. The van der Waals surface area contributed by atoms with Crippen LogP contribution in [0.4, 0.5) is 4.39 Å². The lowest BCUT2D eigenvalue weighted by Crippen LogP contribution is -2.44. The van der Waals surface area contributed by atoms with Crippen molar-refractivity contribution in [2.24, 2.45) is 5.92 Å². The first-order valence-corrected chi connectivity index (χ1v) is 10.3. The quantitative estimate of drug-likeness (QED) is 0.641. The van der Waals surface area contributed by atoms with Crippen molar-refractivity contribution in [3.8, 4) is 11.1 Å². The molecular formula is C24H32FNO2. The zero-order valence-electron chi connectivity index (χ0n) is 17.0. The Morgan fingerprint density at radius 2 is 2.04 bits per heavy atom. The minimum atomic E-state index is -1.07. The zero-order valence-corrected chi connectivity index (χ0v) is 17.0. The first kappa shape index (κ1) is 21.0. The van der Waals surface area contributed by atoms with E-state index in [4.69, 9.17) is 4.74 Å². The van der Waals surface area contributed by atoms with Crippen molar-refractivity contribution in [2.75, 3.05) is 26.8 Å². The number of benzene rings is 2. The van der Waals surface area contributed by atoms with Gasteiger partial charge in [-0.2, -0.15) is 0 Å². The van der Waals surface area contributed by atoms with Crippen LogP contribution in [0.3, 0.4) is 0 Å². The van der Waals surface area contributed by atoms with Crippen molar-refractivity contribution in [2.45, 2.75) is 44.6 Å². The number of hydrogen-bond donors (Lipinski definition) is 2. The fraction of sp³-hybridized carbons (Fsp3) is 0.500. The van der Waals surface area contributed by atoms with Crippen LogP contribution in [0.15, 0.2) is 42.5 Å². The third-order valence-corrected chi connectivity index (χ3v) is 5.92. The summed E-state index contributed by atoms with van der Waals surface area (Å²) in [4.78, 5) is 0. The number of rotatable bonds is 8. The molecule has 1 heterocycles. The molecule has 2 atom stereocenters. The van der Waals surface area contributed by atoms with E-state index >= 15 is 4.39 Å². The van der Waals surface area contributed by atoms with E-state index in [2.05, 4.69) is 5.32 Å². The van der Waals surface area contributed by atoms with E-state index in [9.17, 15) is 5.11 Å². The fourth-order valence-corrected chi connectivity index (χ4v) is 4.44. The number of ether oxygens (including phenoxy) is 1. The minimum Gasteiger partial charge on any atom is -0.385 e. The largest absolute Gasteiger partial charge is 0.385 e. The third-order valence-electron chi connectivity index (χ3n) is 5.92. The summed E-state index contributed by atoms with van der Waals surface area (Å²) in [6.45, 7) is 4.41. The topological polar surface area (TPSA) is 41.5 Å². The summed E-state index contributed by atoms with van der Waals surface area (Å²) in [6.07, 6.45) is 4.29. The van der Waals surface area contributed by atoms with E-state index in [1.807, 2.05) is 37.3 Å². The Bertz CT molecular complexity index is 773. The maximum Gasteiger partial charge on any atom is 0.131 e. The lowest BCUT2D eigenvalue weighted by Gasteiger charge is -2.40. The molecule has 152 valence electrons. The van der Waals surface area contributed by atoms with Crippen molar-refractivity contribution in [1.29, 1.82) is 0 Å². The molecule has 2 aromatic carbocycles. The van der Waals surface area contributed by atoms with Crippen LogP contribution in [0, 0.1) is 18.7 Å². The first-order valence-electron chi connectivity index (χ1n) is 10.3.